The molecule has 9 heteroatoms. The van der Waals surface area contributed by atoms with Gasteiger partial charge in [0.1, 0.15) is 11.6 Å². The molecule has 1 aliphatic heterocycles. The van der Waals surface area contributed by atoms with Crippen LogP contribution < -0.4 is 4.74 Å². The SMILES string of the molecule is CCCCCC1COC(c2ccc(-c3ccc(C4CCC(C(F)(F)Oc5cc(F)c(F)c(F)c5)CC4)c(F)c3)cc2)OC1. The summed E-state index contributed by atoms with van der Waals surface area (Å²) in [5.74, 6) is -7.23. The highest BCUT2D eigenvalue weighted by atomic mass is 19.3. The van der Waals surface area contributed by atoms with E-state index in [0.717, 1.165) is 17.5 Å². The lowest BCUT2D eigenvalue weighted by Crippen LogP contribution is -2.37. The molecule has 232 valence electrons. The van der Waals surface area contributed by atoms with Gasteiger partial charge in [-0.05, 0) is 60.8 Å². The molecule has 0 atom stereocenters. The van der Waals surface area contributed by atoms with Gasteiger partial charge >= 0.3 is 6.11 Å². The largest absolute Gasteiger partial charge is 0.432 e. The zero-order valence-corrected chi connectivity index (χ0v) is 24.1. The molecule has 0 amide bonds. The van der Waals surface area contributed by atoms with Gasteiger partial charge in [-0.25, -0.2) is 17.6 Å². The Bertz CT molecular complexity index is 1340. The first-order chi connectivity index (χ1) is 20.6. The van der Waals surface area contributed by atoms with Crippen molar-refractivity contribution in [3.8, 4) is 16.9 Å². The normalized spacial score (nSPS) is 22.9. The summed E-state index contributed by atoms with van der Waals surface area (Å²) < 4.78 is 101. The van der Waals surface area contributed by atoms with Gasteiger partial charge in [-0.15, -0.1) is 0 Å². The number of rotatable bonds is 10. The van der Waals surface area contributed by atoms with Crippen LogP contribution in [0.4, 0.5) is 26.3 Å². The Balaban J connectivity index is 1.15. The summed E-state index contributed by atoms with van der Waals surface area (Å²) in [6, 6.07) is 13.4. The second kappa shape index (κ2) is 13.7. The topological polar surface area (TPSA) is 27.7 Å². The Hall–Kier alpha value is -3.04. The molecule has 43 heavy (non-hydrogen) atoms. The van der Waals surface area contributed by atoms with E-state index in [9.17, 15) is 22.0 Å². The first kappa shape index (κ1) is 31.4. The lowest BCUT2D eigenvalue weighted by Gasteiger charge is -2.33. The highest BCUT2D eigenvalue weighted by Crippen LogP contribution is 2.44. The molecule has 0 radical (unpaired) electrons. The minimum atomic E-state index is -3.72. The lowest BCUT2D eigenvalue weighted by molar-refractivity contribution is -0.222. The Morgan fingerprint density at radius 1 is 0.767 bits per heavy atom. The van der Waals surface area contributed by atoms with Crippen molar-refractivity contribution in [1.29, 1.82) is 0 Å². The van der Waals surface area contributed by atoms with Crippen LogP contribution in [0.2, 0.25) is 0 Å². The molecule has 3 aromatic carbocycles. The number of hydrogen-bond acceptors (Lipinski definition) is 3. The van der Waals surface area contributed by atoms with Crippen molar-refractivity contribution in [2.24, 2.45) is 11.8 Å². The Labute approximate surface area is 248 Å². The lowest BCUT2D eigenvalue weighted by atomic mass is 9.77. The van der Waals surface area contributed by atoms with Gasteiger partial charge in [-0.1, -0.05) is 62.6 Å². The molecule has 2 fully saturated rings. The van der Waals surface area contributed by atoms with E-state index < -0.39 is 47.3 Å². The smallest absolute Gasteiger partial charge is 0.400 e. The Morgan fingerprint density at radius 2 is 1.40 bits per heavy atom. The van der Waals surface area contributed by atoms with E-state index in [0.29, 0.717) is 55.2 Å². The van der Waals surface area contributed by atoms with Crippen molar-refractivity contribution in [3.05, 3.63) is 89.0 Å². The molecule has 0 spiro atoms. The Kier molecular flexibility index (Phi) is 10.0. The maximum Gasteiger partial charge on any atom is 0.400 e. The molecule has 2 aliphatic rings. The van der Waals surface area contributed by atoms with Gasteiger partial charge in [-0.2, -0.15) is 8.78 Å². The second-order valence-corrected chi connectivity index (χ2v) is 11.6. The van der Waals surface area contributed by atoms with Gasteiger partial charge < -0.3 is 14.2 Å². The summed E-state index contributed by atoms with van der Waals surface area (Å²) in [7, 11) is 0. The van der Waals surface area contributed by atoms with E-state index in [2.05, 4.69) is 11.7 Å². The van der Waals surface area contributed by atoms with Crippen LogP contribution in [0.25, 0.3) is 11.1 Å². The van der Waals surface area contributed by atoms with E-state index in [1.807, 2.05) is 30.3 Å². The first-order valence-corrected chi connectivity index (χ1v) is 15.0. The molecule has 0 unspecified atom stereocenters. The third-order valence-electron chi connectivity index (χ3n) is 8.55. The van der Waals surface area contributed by atoms with Crippen LogP contribution in [0, 0.1) is 35.1 Å². The van der Waals surface area contributed by atoms with Gasteiger partial charge in [0.15, 0.2) is 23.7 Å². The fourth-order valence-corrected chi connectivity index (χ4v) is 6.03. The van der Waals surface area contributed by atoms with E-state index in [-0.39, 0.29) is 18.8 Å². The molecule has 1 saturated carbocycles. The van der Waals surface area contributed by atoms with Crippen molar-refractivity contribution in [2.45, 2.75) is 76.6 Å². The summed E-state index contributed by atoms with van der Waals surface area (Å²) >= 11 is 0. The van der Waals surface area contributed by atoms with Crippen LogP contribution in [0.1, 0.15) is 81.6 Å². The molecule has 3 aromatic rings. The molecule has 3 nitrogen and oxygen atoms in total. The van der Waals surface area contributed by atoms with Crippen LogP contribution in [0.3, 0.4) is 0 Å². The van der Waals surface area contributed by atoms with Gasteiger partial charge in [-0.3, -0.25) is 0 Å². The third-order valence-corrected chi connectivity index (χ3v) is 8.55. The summed E-state index contributed by atoms with van der Waals surface area (Å²) in [6.45, 7) is 3.52. The van der Waals surface area contributed by atoms with Crippen molar-refractivity contribution in [1.82, 2.24) is 0 Å². The molecule has 0 N–H and O–H groups in total. The molecule has 1 saturated heterocycles. The standard InChI is InChI=1S/C34H36F6O3/c1-2-3-4-5-21-19-41-33(42-20-21)24-8-6-22(7-9-24)25-12-15-28(29(35)16-25)23-10-13-26(14-11-23)34(39,40)43-27-17-30(36)32(38)31(37)18-27/h6-9,12,15-18,21,23,26,33H,2-5,10-11,13-14,19-20H2,1H3. The highest BCUT2D eigenvalue weighted by molar-refractivity contribution is 5.64. The zero-order chi connectivity index (χ0) is 30.6. The summed E-state index contributed by atoms with van der Waals surface area (Å²) in [5, 5.41) is 0. The predicted molar refractivity (Wildman–Crippen MR) is 151 cm³/mol. The van der Waals surface area contributed by atoms with Crippen LogP contribution in [-0.2, 0) is 9.47 Å². The van der Waals surface area contributed by atoms with Crippen LogP contribution in [0.5, 0.6) is 5.75 Å². The number of alkyl halides is 2. The van der Waals surface area contributed by atoms with Gasteiger partial charge in [0.2, 0.25) is 0 Å². The Morgan fingerprint density at radius 3 is 2.00 bits per heavy atom. The number of benzene rings is 3. The molecular formula is C34H36F6O3. The van der Waals surface area contributed by atoms with Crippen LogP contribution >= 0.6 is 0 Å². The summed E-state index contributed by atoms with van der Waals surface area (Å²) in [4.78, 5) is 0. The molecule has 5 rings (SSSR count). The predicted octanol–water partition coefficient (Wildman–Crippen LogP) is 10.1. The van der Waals surface area contributed by atoms with Crippen molar-refractivity contribution in [2.75, 3.05) is 13.2 Å². The monoisotopic (exact) mass is 606 g/mol. The molecular weight excluding hydrogens is 570 g/mol. The van der Waals surface area contributed by atoms with E-state index in [1.165, 1.54) is 25.3 Å². The number of unbranched alkanes of at least 4 members (excludes halogenated alkanes) is 2. The molecule has 1 aliphatic carbocycles. The molecule has 0 bridgehead atoms. The number of hydrogen-bond donors (Lipinski definition) is 0. The van der Waals surface area contributed by atoms with Crippen molar-refractivity contribution in [3.63, 3.8) is 0 Å². The van der Waals surface area contributed by atoms with Crippen molar-refractivity contribution >= 4 is 0 Å². The highest BCUT2D eigenvalue weighted by Gasteiger charge is 2.44. The molecule has 1 heterocycles. The molecule has 0 aromatic heterocycles. The average Bonchev–Trinajstić information content (AvgIpc) is 3.00. The summed E-state index contributed by atoms with van der Waals surface area (Å²) in [6.07, 6.45) is 1.18. The minimum Gasteiger partial charge on any atom is -0.432 e. The fraction of sp³-hybridized carbons (Fsp3) is 0.471. The number of ether oxygens (including phenoxy) is 3. The van der Waals surface area contributed by atoms with Gasteiger partial charge in [0.25, 0.3) is 0 Å². The minimum absolute atomic E-state index is 0.0251. The summed E-state index contributed by atoms with van der Waals surface area (Å²) in [5.41, 5.74) is 2.89. The van der Waals surface area contributed by atoms with E-state index >= 15 is 4.39 Å². The first-order valence-electron chi connectivity index (χ1n) is 15.0. The number of halogens is 6. The van der Waals surface area contributed by atoms with E-state index in [1.54, 1.807) is 6.07 Å². The zero-order valence-electron chi connectivity index (χ0n) is 24.1. The van der Waals surface area contributed by atoms with Crippen LogP contribution in [0.15, 0.2) is 54.6 Å². The second-order valence-electron chi connectivity index (χ2n) is 11.6. The van der Waals surface area contributed by atoms with Crippen LogP contribution in [-0.4, -0.2) is 19.3 Å². The quantitative estimate of drug-likeness (QED) is 0.131. The maximum absolute atomic E-state index is 15.3. The van der Waals surface area contributed by atoms with Gasteiger partial charge in [0.05, 0.1) is 19.1 Å². The maximum atomic E-state index is 15.3. The average molecular weight is 607 g/mol. The van der Waals surface area contributed by atoms with Gasteiger partial charge in [0, 0.05) is 23.6 Å². The van der Waals surface area contributed by atoms with Crippen molar-refractivity contribution < 1.29 is 40.6 Å². The van der Waals surface area contributed by atoms with E-state index in [4.69, 9.17) is 9.47 Å². The third kappa shape index (κ3) is 7.55. The fourth-order valence-electron chi connectivity index (χ4n) is 6.03.